The van der Waals surface area contributed by atoms with Crippen LogP contribution in [0.4, 0.5) is 6.01 Å². The molecule has 0 saturated carbocycles. The minimum atomic E-state index is -0.446. The number of thiophene rings is 1. The molecule has 3 aliphatic heterocycles. The van der Waals surface area contributed by atoms with Gasteiger partial charge in [-0.1, -0.05) is 73.5 Å². The first-order valence-corrected chi connectivity index (χ1v) is 21.2. The number of aryl methyl sites for hydroxylation is 3. The molecular formula is C45H62N8O4S. The van der Waals surface area contributed by atoms with Crippen molar-refractivity contribution in [1.29, 1.82) is 0 Å². The molecule has 58 heavy (non-hydrogen) atoms. The smallest absolute Gasteiger partial charge is 0.302 e. The van der Waals surface area contributed by atoms with Gasteiger partial charge in [0.1, 0.15) is 23.4 Å². The van der Waals surface area contributed by atoms with Crippen LogP contribution in [0.1, 0.15) is 91.4 Å². The largest absolute Gasteiger partial charge is 0.428 e. The molecule has 4 atom stereocenters. The Balaban J connectivity index is 0.000000262. The predicted molar refractivity (Wildman–Crippen MR) is 242 cm³/mol. The first-order chi connectivity index (χ1) is 28.3. The lowest BCUT2D eigenvalue weighted by Gasteiger charge is -2.33. The minimum Gasteiger partial charge on any atom is -0.428 e. The third-order valence-corrected chi connectivity index (χ3v) is 11.4. The fourth-order valence-corrected chi connectivity index (χ4v) is 8.33. The number of benzene rings is 2. The van der Waals surface area contributed by atoms with Gasteiger partial charge in [-0.05, 0) is 102 Å². The number of nitrogens with zero attached hydrogens (tertiary/aromatic N) is 4. The van der Waals surface area contributed by atoms with Gasteiger partial charge in [0.2, 0.25) is 11.9 Å². The number of aliphatic hydroxyl groups is 2. The number of nitrogens with one attached hydrogen (secondary N) is 4. The first-order valence-electron chi connectivity index (χ1n) is 20.3. The maximum Gasteiger partial charge on any atom is 0.302 e. The van der Waals surface area contributed by atoms with Gasteiger partial charge in [0.05, 0.1) is 18.8 Å². The van der Waals surface area contributed by atoms with Gasteiger partial charge in [-0.25, -0.2) is 15.0 Å². The molecular weight excluding hydrogens is 749 g/mol. The molecule has 312 valence electrons. The summed E-state index contributed by atoms with van der Waals surface area (Å²) in [4.78, 5) is 20.6. The molecule has 0 bridgehead atoms. The second-order valence-corrected chi connectivity index (χ2v) is 16.0. The standard InChI is InChI=1S/C20H22N4O2S.C15H16N4O2.C8H10.C2H6.4H2/c1-11-9-10-16(27-11)18-17-13(6-4-7-14(17)25)21-19(23-18)24-20-22-12-5-2-3-8-15(12)26-20;20-12-6-3-5-10-9(12)8-16-14(17-10)19-15-18-11-4-1-2-7-13(11)21-15;1-7-3-5-8(2)6-4-7;1-2;;;;/h2-3,8-10,12,14,18,25H,4-7H2,1H3,(H2,21,22,23,24);1-2,4,7,12,20H,3,5-6,8H2,(H2,16,17,18,19);3-6H,1-2H3;1-2H3;4*1H. The van der Waals surface area contributed by atoms with Crippen molar-refractivity contribution in [2.24, 2.45) is 15.0 Å². The van der Waals surface area contributed by atoms with E-state index in [1.807, 2.05) is 50.3 Å². The molecule has 12 nitrogen and oxygen atoms in total. The van der Waals surface area contributed by atoms with Crippen LogP contribution in [0.15, 0.2) is 127 Å². The van der Waals surface area contributed by atoms with Gasteiger partial charge < -0.3 is 30.0 Å². The highest BCUT2D eigenvalue weighted by Gasteiger charge is 2.35. The normalized spacial score (nSPS) is 22.8. The number of allylic oxidation sites excluding steroid dienone is 4. The Kier molecular flexibility index (Phi) is 13.2. The number of ether oxygens (including phenoxy) is 1. The van der Waals surface area contributed by atoms with E-state index in [1.54, 1.807) is 11.3 Å². The lowest BCUT2D eigenvalue weighted by Crippen LogP contribution is -2.45. The molecule has 0 amide bonds. The summed E-state index contributed by atoms with van der Waals surface area (Å²) in [5.74, 6) is 2.12. The second-order valence-electron chi connectivity index (χ2n) is 14.7. The molecule has 6 N–H and O–H groups in total. The Labute approximate surface area is 350 Å². The summed E-state index contributed by atoms with van der Waals surface area (Å²) < 4.78 is 11.5. The maximum absolute atomic E-state index is 10.6. The predicted octanol–water partition coefficient (Wildman–Crippen LogP) is 9.36. The summed E-state index contributed by atoms with van der Waals surface area (Å²) in [5, 5.41) is 33.4. The fourth-order valence-electron chi connectivity index (χ4n) is 7.40. The van der Waals surface area contributed by atoms with Crippen LogP contribution in [-0.2, 0) is 4.74 Å². The average Bonchev–Trinajstić information content (AvgIpc) is 3.98. The van der Waals surface area contributed by atoms with E-state index in [-0.39, 0.29) is 23.9 Å². The van der Waals surface area contributed by atoms with Gasteiger partial charge in [0.25, 0.3) is 6.02 Å². The molecule has 0 radical (unpaired) electrons. The average molecular weight is 811 g/mol. The van der Waals surface area contributed by atoms with Crippen LogP contribution in [0.5, 0.6) is 0 Å². The molecule has 10 rings (SSSR count). The fraction of sp³-hybridized carbons (Fsp3) is 0.378. The van der Waals surface area contributed by atoms with Crippen molar-refractivity contribution in [2.75, 3.05) is 11.9 Å². The number of amidine groups is 1. The second kappa shape index (κ2) is 18.8. The third-order valence-electron chi connectivity index (χ3n) is 10.4. The van der Waals surface area contributed by atoms with E-state index in [9.17, 15) is 10.2 Å². The number of hydrogen-bond donors (Lipinski definition) is 6. The van der Waals surface area contributed by atoms with Crippen LogP contribution in [-0.4, -0.2) is 57.9 Å². The van der Waals surface area contributed by atoms with Crippen molar-refractivity contribution in [1.82, 2.24) is 20.9 Å². The Morgan fingerprint density at radius 1 is 0.828 bits per heavy atom. The van der Waals surface area contributed by atoms with Crippen molar-refractivity contribution in [3.63, 3.8) is 0 Å². The van der Waals surface area contributed by atoms with E-state index in [2.05, 4.69) is 99.5 Å². The highest BCUT2D eigenvalue weighted by atomic mass is 32.1. The summed E-state index contributed by atoms with van der Waals surface area (Å²) >= 11 is 1.73. The Hall–Kier alpha value is -5.50. The van der Waals surface area contributed by atoms with Crippen LogP contribution in [0.3, 0.4) is 0 Å². The van der Waals surface area contributed by atoms with E-state index in [0.717, 1.165) is 89.2 Å². The summed E-state index contributed by atoms with van der Waals surface area (Å²) in [7, 11) is 0. The molecule has 2 aromatic heterocycles. The topological polar surface area (TPSA) is 161 Å². The minimum absolute atomic E-state index is 0. The van der Waals surface area contributed by atoms with E-state index in [1.165, 1.54) is 16.0 Å². The number of fused-ring (bicyclic) bond motifs is 2. The lowest BCUT2D eigenvalue weighted by atomic mass is 9.87. The molecule has 0 saturated heterocycles. The van der Waals surface area contributed by atoms with Crippen molar-refractivity contribution in [3.8, 4) is 0 Å². The van der Waals surface area contributed by atoms with E-state index < -0.39 is 6.10 Å². The van der Waals surface area contributed by atoms with Crippen molar-refractivity contribution >= 4 is 46.4 Å². The Bertz CT molecular complexity index is 2260. The molecule has 0 spiro atoms. The van der Waals surface area contributed by atoms with Crippen molar-refractivity contribution in [2.45, 2.75) is 104 Å². The number of para-hydroxylation sites is 2. The molecule has 13 heteroatoms. The Morgan fingerprint density at radius 2 is 1.55 bits per heavy atom. The molecule has 0 fully saturated rings. The quantitative estimate of drug-likeness (QED) is 0.116. The maximum atomic E-state index is 10.6. The highest BCUT2D eigenvalue weighted by molar-refractivity contribution is 7.12. The highest BCUT2D eigenvalue weighted by Crippen LogP contribution is 2.40. The van der Waals surface area contributed by atoms with Gasteiger partial charge in [-0.2, -0.15) is 4.98 Å². The molecule has 6 aliphatic rings. The lowest BCUT2D eigenvalue weighted by molar-refractivity contribution is 0.179. The number of oxazole rings is 1. The Morgan fingerprint density at radius 3 is 2.28 bits per heavy atom. The molecule has 5 heterocycles. The van der Waals surface area contributed by atoms with Crippen LogP contribution < -0.4 is 21.3 Å². The van der Waals surface area contributed by atoms with Crippen LogP contribution in [0.25, 0.3) is 11.1 Å². The number of anilines is 1. The summed E-state index contributed by atoms with van der Waals surface area (Å²) in [6.45, 7) is 10.8. The SMILES string of the molecule is CC.Cc1ccc(C)cc1.Cc1ccc(C2N=C(NC3=NC4CC=CC=C4O3)NC3=C2C(O)CCC3)s1.OC1CCCC2=C1CN=C(Nc1nc3ccccc3o1)N2.[HH].[HH].[HH].[HH]. The third kappa shape index (κ3) is 9.78. The molecule has 4 aromatic rings. The number of aliphatic imine (C=N–C) groups is 3. The van der Waals surface area contributed by atoms with Gasteiger partial charge >= 0.3 is 6.01 Å². The molecule has 4 unspecified atom stereocenters. The van der Waals surface area contributed by atoms with Gasteiger partial charge in [0, 0.05) is 32.4 Å². The zero-order valence-electron chi connectivity index (χ0n) is 33.9. The van der Waals surface area contributed by atoms with Gasteiger partial charge in [0.15, 0.2) is 5.58 Å². The number of aliphatic hydroxyl groups excluding tert-OH is 2. The number of aromatic nitrogens is 1. The molecule has 3 aliphatic carbocycles. The number of hydrogen-bond acceptors (Lipinski definition) is 13. The number of rotatable bonds is 2. The van der Waals surface area contributed by atoms with Gasteiger partial charge in [-0.3, -0.25) is 10.6 Å². The summed E-state index contributed by atoms with van der Waals surface area (Å²) in [5.41, 5.74) is 8.36. The molecule has 2 aromatic carbocycles. The monoisotopic (exact) mass is 810 g/mol. The summed E-state index contributed by atoms with van der Waals surface area (Å²) in [6, 6.07) is 21.1. The number of guanidine groups is 2. The van der Waals surface area contributed by atoms with E-state index in [0.29, 0.717) is 30.5 Å². The summed E-state index contributed by atoms with van der Waals surface area (Å²) in [6.07, 6.45) is 11.5. The zero-order valence-corrected chi connectivity index (χ0v) is 34.7. The first kappa shape index (κ1) is 40.7. The van der Waals surface area contributed by atoms with Crippen molar-refractivity contribution in [3.05, 3.63) is 128 Å². The van der Waals surface area contributed by atoms with Gasteiger partial charge in [-0.15, -0.1) is 11.3 Å². The van der Waals surface area contributed by atoms with E-state index in [4.69, 9.17) is 14.1 Å². The van der Waals surface area contributed by atoms with Crippen LogP contribution in [0, 0.1) is 20.8 Å². The van der Waals surface area contributed by atoms with Crippen molar-refractivity contribution < 1.29 is 25.1 Å². The van der Waals surface area contributed by atoms with E-state index >= 15 is 0 Å². The van der Waals surface area contributed by atoms with Crippen LogP contribution in [0.2, 0.25) is 0 Å². The van der Waals surface area contributed by atoms with Crippen LogP contribution >= 0.6 is 11.3 Å². The zero-order chi connectivity index (χ0) is 40.6.